The predicted octanol–water partition coefficient (Wildman–Crippen LogP) is 3.40. The van der Waals surface area contributed by atoms with Gasteiger partial charge in [0.15, 0.2) is 12.2 Å². The Morgan fingerprint density at radius 1 is 1.04 bits per heavy atom. The molecular formula is C21H25NO4. The number of ether oxygens (including phenoxy) is 2. The van der Waals surface area contributed by atoms with E-state index >= 15 is 0 Å². The van der Waals surface area contributed by atoms with Crippen LogP contribution in [0.15, 0.2) is 54.6 Å². The smallest absolute Gasteiger partial charge is 0.348 e. The summed E-state index contributed by atoms with van der Waals surface area (Å²) in [6.07, 6.45) is -1.18. The normalized spacial score (nSPS) is 12.7. The Labute approximate surface area is 154 Å². The second-order valence-electron chi connectivity index (χ2n) is 6.11. The first-order valence-corrected chi connectivity index (χ1v) is 8.75. The molecule has 0 unspecified atom stereocenters. The minimum atomic E-state index is -0.888. The highest BCUT2D eigenvalue weighted by molar-refractivity contribution is 5.84. The number of benzene rings is 2. The van der Waals surface area contributed by atoms with Crippen LogP contribution in [0.25, 0.3) is 0 Å². The quantitative estimate of drug-likeness (QED) is 0.737. The average Bonchev–Trinajstić information content (AvgIpc) is 2.66. The highest BCUT2D eigenvalue weighted by Crippen LogP contribution is 2.14. The minimum Gasteiger partial charge on any atom is -0.479 e. The summed E-state index contributed by atoms with van der Waals surface area (Å²) in [5.41, 5.74) is 2.15. The number of carbonyl (C=O) groups excluding carboxylic acids is 2. The molecule has 0 aromatic heterocycles. The molecular weight excluding hydrogens is 330 g/mol. The Kier molecular flexibility index (Phi) is 7.21. The first-order chi connectivity index (χ1) is 12.5. The zero-order valence-electron chi connectivity index (χ0n) is 15.4. The van der Waals surface area contributed by atoms with E-state index in [1.807, 2.05) is 56.3 Å². The fourth-order valence-electron chi connectivity index (χ4n) is 2.30. The van der Waals surface area contributed by atoms with Crippen LogP contribution in [0.1, 0.15) is 31.4 Å². The first-order valence-electron chi connectivity index (χ1n) is 8.75. The van der Waals surface area contributed by atoms with Gasteiger partial charge in [0.2, 0.25) is 0 Å². The molecule has 0 heterocycles. The molecule has 2 atom stereocenters. The van der Waals surface area contributed by atoms with E-state index in [0.29, 0.717) is 18.7 Å². The zero-order chi connectivity index (χ0) is 18.9. The maximum absolute atomic E-state index is 12.3. The van der Waals surface area contributed by atoms with E-state index in [-0.39, 0.29) is 5.91 Å². The molecule has 5 heteroatoms. The number of hydrogen-bond donors (Lipinski definition) is 1. The van der Waals surface area contributed by atoms with Gasteiger partial charge in [-0.05, 0) is 38.0 Å². The molecule has 0 aliphatic rings. The zero-order valence-corrected chi connectivity index (χ0v) is 15.4. The van der Waals surface area contributed by atoms with Gasteiger partial charge in [0.25, 0.3) is 5.91 Å². The Morgan fingerprint density at radius 3 is 2.31 bits per heavy atom. The van der Waals surface area contributed by atoms with Crippen molar-refractivity contribution >= 4 is 11.9 Å². The van der Waals surface area contributed by atoms with Gasteiger partial charge < -0.3 is 14.8 Å². The third kappa shape index (κ3) is 5.92. The average molecular weight is 355 g/mol. The van der Waals surface area contributed by atoms with Gasteiger partial charge in [0.1, 0.15) is 5.75 Å². The molecule has 1 N–H and O–H groups in total. The Bertz CT molecular complexity index is 713. The fourth-order valence-corrected chi connectivity index (χ4v) is 2.30. The van der Waals surface area contributed by atoms with Crippen LogP contribution < -0.4 is 10.1 Å². The summed E-state index contributed by atoms with van der Waals surface area (Å²) in [5, 5.41) is 2.77. The van der Waals surface area contributed by atoms with Crippen molar-refractivity contribution in [3.8, 4) is 5.75 Å². The van der Waals surface area contributed by atoms with E-state index in [0.717, 1.165) is 11.1 Å². The van der Waals surface area contributed by atoms with Gasteiger partial charge in [0, 0.05) is 6.54 Å². The lowest BCUT2D eigenvalue weighted by Crippen LogP contribution is -2.39. The number of esters is 1. The Morgan fingerprint density at radius 2 is 1.69 bits per heavy atom. The van der Waals surface area contributed by atoms with Gasteiger partial charge in [-0.3, -0.25) is 4.79 Å². The van der Waals surface area contributed by atoms with Crippen LogP contribution in [-0.4, -0.2) is 24.1 Å². The number of para-hydroxylation sites is 1. The molecule has 0 spiro atoms. The SMILES string of the molecule is CC[C@@H](Oc1ccccc1)C(=O)O[C@H](C)C(=O)NCc1ccc(C)cc1. The fraction of sp³-hybridized carbons (Fsp3) is 0.333. The second kappa shape index (κ2) is 9.61. The molecule has 0 aliphatic carbocycles. The van der Waals surface area contributed by atoms with Gasteiger partial charge in [0.05, 0.1) is 0 Å². The number of hydrogen-bond acceptors (Lipinski definition) is 4. The summed E-state index contributed by atoms with van der Waals surface area (Å²) in [7, 11) is 0. The summed E-state index contributed by atoms with van der Waals surface area (Å²) in [4.78, 5) is 24.4. The lowest BCUT2D eigenvalue weighted by molar-refractivity contribution is -0.161. The molecule has 5 nitrogen and oxygen atoms in total. The highest BCUT2D eigenvalue weighted by atomic mass is 16.6. The molecule has 0 aliphatic heterocycles. The van der Waals surface area contributed by atoms with Crippen LogP contribution in [0.4, 0.5) is 0 Å². The van der Waals surface area contributed by atoms with Crippen molar-refractivity contribution < 1.29 is 19.1 Å². The number of aryl methyl sites for hydroxylation is 1. The molecule has 0 saturated carbocycles. The van der Waals surface area contributed by atoms with Crippen molar-refractivity contribution in [3.05, 3.63) is 65.7 Å². The van der Waals surface area contributed by atoms with Crippen molar-refractivity contribution in [2.24, 2.45) is 0 Å². The van der Waals surface area contributed by atoms with Crippen molar-refractivity contribution in [1.82, 2.24) is 5.32 Å². The summed E-state index contributed by atoms with van der Waals surface area (Å²) < 4.78 is 10.9. The van der Waals surface area contributed by atoms with Crippen molar-refractivity contribution in [2.75, 3.05) is 0 Å². The number of rotatable bonds is 8. The van der Waals surface area contributed by atoms with E-state index < -0.39 is 18.2 Å². The van der Waals surface area contributed by atoms with Gasteiger partial charge in [-0.2, -0.15) is 0 Å². The minimum absolute atomic E-state index is 0.339. The number of nitrogens with one attached hydrogen (secondary N) is 1. The predicted molar refractivity (Wildman–Crippen MR) is 99.7 cm³/mol. The van der Waals surface area contributed by atoms with Crippen LogP contribution in [0.5, 0.6) is 5.75 Å². The van der Waals surface area contributed by atoms with Crippen molar-refractivity contribution in [2.45, 2.75) is 45.9 Å². The van der Waals surface area contributed by atoms with Crippen molar-refractivity contribution in [1.29, 1.82) is 0 Å². The molecule has 138 valence electrons. The highest BCUT2D eigenvalue weighted by Gasteiger charge is 2.25. The standard InChI is InChI=1S/C21H25NO4/c1-4-19(26-18-8-6-5-7-9-18)21(24)25-16(3)20(23)22-14-17-12-10-15(2)11-13-17/h5-13,16,19H,4,14H2,1-3H3,(H,22,23)/t16-,19-/m1/s1. The van der Waals surface area contributed by atoms with E-state index in [9.17, 15) is 9.59 Å². The van der Waals surface area contributed by atoms with Crippen LogP contribution in [0.2, 0.25) is 0 Å². The molecule has 2 aromatic carbocycles. The molecule has 0 bridgehead atoms. The second-order valence-corrected chi connectivity index (χ2v) is 6.11. The van der Waals surface area contributed by atoms with Gasteiger partial charge in [-0.15, -0.1) is 0 Å². The van der Waals surface area contributed by atoms with Crippen molar-refractivity contribution in [3.63, 3.8) is 0 Å². The summed E-state index contributed by atoms with van der Waals surface area (Å²) in [6.45, 7) is 5.78. The van der Waals surface area contributed by atoms with E-state index in [1.54, 1.807) is 19.1 Å². The van der Waals surface area contributed by atoms with Gasteiger partial charge in [-0.25, -0.2) is 4.79 Å². The van der Waals surface area contributed by atoms with Gasteiger partial charge >= 0.3 is 5.97 Å². The summed E-state index contributed by atoms with van der Waals surface area (Å²) >= 11 is 0. The summed E-state index contributed by atoms with van der Waals surface area (Å²) in [5.74, 6) is -0.296. The van der Waals surface area contributed by atoms with E-state index in [4.69, 9.17) is 9.47 Å². The molecule has 0 radical (unpaired) electrons. The maximum Gasteiger partial charge on any atom is 0.348 e. The third-order valence-electron chi connectivity index (χ3n) is 3.90. The van der Waals surface area contributed by atoms with Crippen LogP contribution in [-0.2, 0) is 20.9 Å². The topological polar surface area (TPSA) is 64.6 Å². The van der Waals surface area contributed by atoms with E-state index in [2.05, 4.69) is 5.32 Å². The molecule has 0 fully saturated rings. The number of carbonyl (C=O) groups is 2. The van der Waals surface area contributed by atoms with Crippen LogP contribution in [0, 0.1) is 6.92 Å². The molecule has 2 rings (SSSR count). The molecule has 2 aromatic rings. The lowest BCUT2D eigenvalue weighted by atomic mass is 10.1. The molecule has 0 saturated heterocycles. The van der Waals surface area contributed by atoms with E-state index in [1.165, 1.54) is 0 Å². The van der Waals surface area contributed by atoms with Gasteiger partial charge in [-0.1, -0.05) is 55.0 Å². The lowest BCUT2D eigenvalue weighted by Gasteiger charge is -2.19. The Hall–Kier alpha value is -2.82. The first kappa shape index (κ1) is 19.5. The number of amides is 1. The monoisotopic (exact) mass is 355 g/mol. The Balaban J connectivity index is 1.84. The van der Waals surface area contributed by atoms with Crippen LogP contribution in [0.3, 0.4) is 0 Å². The largest absolute Gasteiger partial charge is 0.479 e. The maximum atomic E-state index is 12.3. The molecule has 26 heavy (non-hydrogen) atoms. The summed E-state index contributed by atoms with van der Waals surface area (Å²) in [6, 6.07) is 16.9. The molecule has 1 amide bonds. The third-order valence-corrected chi connectivity index (χ3v) is 3.90. The van der Waals surface area contributed by atoms with Crippen LogP contribution >= 0.6 is 0 Å².